The normalized spacial score (nSPS) is 10.3. The number of primary amides is 1. The molecule has 2 aromatic carbocycles. The lowest BCUT2D eigenvalue weighted by Gasteiger charge is -2.12. The van der Waals surface area contributed by atoms with Gasteiger partial charge in [0, 0.05) is 17.8 Å². The molecule has 3 nitrogen and oxygen atoms in total. The van der Waals surface area contributed by atoms with E-state index in [0.717, 1.165) is 12.2 Å². The van der Waals surface area contributed by atoms with Crippen LogP contribution >= 0.6 is 0 Å². The van der Waals surface area contributed by atoms with E-state index in [1.807, 2.05) is 12.1 Å². The number of benzene rings is 2. The smallest absolute Gasteiger partial charge is 0.248 e. The van der Waals surface area contributed by atoms with Crippen molar-refractivity contribution in [3.63, 3.8) is 0 Å². The van der Waals surface area contributed by atoms with Crippen LogP contribution in [-0.4, -0.2) is 5.91 Å². The van der Waals surface area contributed by atoms with Crippen molar-refractivity contribution < 1.29 is 4.79 Å². The third-order valence-electron chi connectivity index (χ3n) is 3.58. The molecular formula is C17H20N2O. The van der Waals surface area contributed by atoms with Crippen LogP contribution in [0.2, 0.25) is 0 Å². The molecule has 0 heterocycles. The Hall–Kier alpha value is -2.29. The quantitative estimate of drug-likeness (QED) is 0.893. The minimum absolute atomic E-state index is 0.406. The van der Waals surface area contributed by atoms with E-state index < -0.39 is 5.91 Å². The molecule has 0 saturated heterocycles. The zero-order valence-corrected chi connectivity index (χ0v) is 12.2. The molecule has 3 heteroatoms. The van der Waals surface area contributed by atoms with Gasteiger partial charge in [-0.3, -0.25) is 4.79 Å². The minimum atomic E-state index is -0.406. The maximum Gasteiger partial charge on any atom is 0.248 e. The van der Waals surface area contributed by atoms with Crippen LogP contribution in [-0.2, 0) is 6.54 Å². The molecule has 0 aromatic heterocycles. The van der Waals surface area contributed by atoms with E-state index in [0.29, 0.717) is 5.56 Å². The first-order valence-electron chi connectivity index (χ1n) is 6.68. The minimum Gasteiger partial charge on any atom is -0.381 e. The molecule has 0 aliphatic carbocycles. The van der Waals surface area contributed by atoms with Gasteiger partial charge in [-0.2, -0.15) is 0 Å². The second kappa shape index (κ2) is 5.78. The summed E-state index contributed by atoms with van der Waals surface area (Å²) in [4.78, 5) is 11.2. The molecule has 0 spiro atoms. The number of carbonyl (C=O) groups is 1. The molecule has 0 aliphatic rings. The van der Waals surface area contributed by atoms with E-state index in [1.54, 1.807) is 12.1 Å². The van der Waals surface area contributed by atoms with Gasteiger partial charge in [-0.05, 0) is 61.2 Å². The van der Waals surface area contributed by atoms with Crippen molar-refractivity contribution in [2.45, 2.75) is 27.3 Å². The molecule has 0 bridgehead atoms. The lowest BCUT2D eigenvalue weighted by Crippen LogP contribution is -2.11. The van der Waals surface area contributed by atoms with Crippen molar-refractivity contribution >= 4 is 11.6 Å². The molecule has 0 radical (unpaired) electrons. The molecule has 2 rings (SSSR count). The second-order valence-electron chi connectivity index (χ2n) is 5.16. The highest BCUT2D eigenvalue weighted by Crippen LogP contribution is 2.17. The van der Waals surface area contributed by atoms with Crippen molar-refractivity contribution in [2.75, 3.05) is 5.32 Å². The SMILES string of the molecule is Cc1cc(C)c(CNc2cccc(C(N)=O)c2)cc1C. The second-order valence-corrected chi connectivity index (χ2v) is 5.16. The van der Waals surface area contributed by atoms with Crippen LogP contribution in [0.5, 0.6) is 0 Å². The number of hydrogen-bond acceptors (Lipinski definition) is 2. The van der Waals surface area contributed by atoms with Gasteiger partial charge in [-0.25, -0.2) is 0 Å². The Kier molecular flexibility index (Phi) is 4.08. The number of amides is 1. The van der Waals surface area contributed by atoms with E-state index in [4.69, 9.17) is 5.73 Å². The molecule has 3 N–H and O–H groups in total. The molecular weight excluding hydrogens is 248 g/mol. The maximum atomic E-state index is 11.2. The number of aryl methyl sites for hydroxylation is 3. The fourth-order valence-electron chi connectivity index (χ4n) is 2.19. The molecule has 0 fully saturated rings. The van der Waals surface area contributed by atoms with Crippen LogP contribution in [0.4, 0.5) is 5.69 Å². The first kappa shape index (κ1) is 14.1. The van der Waals surface area contributed by atoms with Crippen molar-refractivity contribution in [1.29, 1.82) is 0 Å². The van der Waals surface area contributed by atoms with Crippen LogP contribution < -0.4 is 11.1 Å². The van der Waals surface area contributed by atoms with Gasteiger partial charge >= 0.3 is 0 Å². The summed E-state index contributed by atoms with van der Waals surface area (Å²) >= 11 is 0. The summed E-state index contributed by atoms with van der Waals surface area (Å²) in [6.45, 7) is 7.08. The van der Waals surface area contributed by atoms with Gasteiger partial charge in [0.15, 0.2) is 0 Å². The van der Waals surface area contributed by atoms with Gasteiger partial charge < -0.3 is 11.1 Å². The Bertz CT molecular complexity index is 647. The maximum absolute atomic E-state index is 11.2. The fraction of sp³-hybridized carbons (Fsp3) is 0.235. The summed E-state index contributed by atoms with van der Waals surface area (Å²) in [5.74, 6) is -0.406. The summed E-state index contributed by atoms with van der Waals surface area (Å²) in [5, 5.41) is 3.34. The van der Waals surface area contributed by atoms with E-state index >= 15 is 0 Å². The summed E-state index contributed by atoms with van der Waals surface area (Å²) in [5.41, 5.74) is 11.8. The Labute approximate surface area is 119 Å². The molecule has 2 aromatic rings. The number of nitrogens with one attached hydrogen (secondary N) is 1. The molecule has 104 valence electrons. The Morgan fingerprint density at radius 2 is 1.75 bits per heavy atom. The average Bonchev–Trinajstić information content (AvgIpc) is 2.41. The number of anilines is 1. The number of hydrogen-bond donors (Lipinski definition) is 2. The highest BCUT2D eigenvalue weighted by atomic mass is 16.1. The fourth-order valence-corrected chi connectivity index (χ4v) is 2.19. The van der Waals surface area contributed by atoms with Crippen LogP contribution in [0.1, 0.15) is 32.6 Å². The standard InChI is InChI=1S/C17H20N2O/c1-11-7-13(3)15(8-12(11)2)10-19-16-6-4-5-14(9-16)17(18)20/h4-9,19H,10H2,1-3H3,(H2,18,20). The lowest BCUT2D eigenvalue weighted by molar-refractivity contribution is 0.100. The highest BCUT2D eigenvalue weighted by molar-refractivity contribution is 5.93. The third-order valence-corrected chi connectivity index (χ3v) is 3.58. The zero-order valence-electron chi connectivity index (χ0n) is 12.2. The van der Waals surface area contributed by atoms with Crippen molar-refractivity contribution in [2.24, 2.45) is 5.73 Å². The lowest BCUT2D eigenvalue weighted by atomic mass is 10.0. The van der Waals surface area contributed by atoms with E-state index in [9.17, 15) is 4.79 Å². The van der Waals surface area contributed by atoms with E-state index in [2.05, 4.69) is 38.2 Å². The van der Waals surface area contributed by atoms with Crippen LogP contribution in [0.3, 0.4) is 0 Å². The Balaban J connectivity index is 2.15. The predicted octanol–water partition coefficient (Wildman–Crippen LogP) is 3.32. The summed E-state index contributed by atoms with van der Waals surface area (Å²) in [7, 11) is 0. The number of rotatable bonds is 4. The first-order valence-corrected chi connectivity index (χ1v) is 6.68. The van der Waals surface area contributed by atoms with Gasteiger partial charge in [-0.1, -0.05) is 18.2 Å². The van der Waals surface area contributed by atoms with Gasteiger partial charge in [0.1, 0.15) is 0 Å². The summed E-state index contributed by atoms with van der Waals surface area (Å²) < 4.78 is 0. The van der Waals surface area contributed by atoms with Crippen molar-refractivity contribution in [3.05, 3.63) is 64.2 Å². The van der Waals surface area contributed by atoms with Crippen LogP contribution in [0.15, 0.2) is 36.4 Å². The molecule has 0 unspecified atom stereocenters. The predicted molar refractivity (Wildman–Crippen MR) is 82.9 cm³/mol. The molecule has 20 heavy (non-hydrogen) atoms. The van der Waals surface area contributed by atoms with E-state index in [1.165, 1.54) is 22.3 Å². The Morgan fingerprint density at radius 3 is 2.45 bits per heavy atom. The third kappa shape index (κ3) is 3.18. The monoisotopic (exact) mass is 268 g/mol. The molecule has 1 amide bonds. The summed E-state index contributed by atoms with van der Waals surface area (Å²) in [6.07, 6.45) is 0. The number of nitrogens with two attached hydrogens (primary N) is 1. The van der Waals surface area contributed by atoms with Gasteiger partial charge in [0.25, 0.3) is 0 Å². The van der Waals surface area contributed by atoms with Crippen LogP contribution in [0.25, 0.3) is 0 Å². The summed E-state index contributed by atoms with van der Waals surface area (Å²) in [6, 6.07) is 11.7. The van der Waals surface area contributed by atoms with Gasteiger partial charge in [0.2, 0.25) is 5.91 Å². The molecule has 0 aliphatic heterocycles. The van der Waals surface area contributed by atoms with E-state index in [-0.39, 0.29) is 0 Å². The Morgan fingerprint density at radius 1 is 1.05 bits per heavy atom. The highest BCUT2D eigenvalue weighted by Gasteiger charge is 2.04. The molecule has 0 atom stereocenters. The van der Waals surface area contributed by atoms with Gasteiger partial charge in [0.05, 0.1) is 0 Å². The van der Waals surface area contributed by atoms with Crippen LogP contribution in [0, 0.1) is 20.8 Å². The zero-order chi connectivity index (χ0) is 14.7. The van der Waals surface area contributed by atoms with Gasteiger partial charge in [-0.15, -0.1) is 0 Å². The van der Waals surface area contributed by atoms with Crippen molar-refractivity contribution in [3.8, 4) is 0 Å². The largest absolute Gasteiger partial charge is 0.381 e. The average molecular weight is 268 g/mol. The number of carbonyl (C=O) groups excluding carboxylic acids is 1. The topological polar surface area (TPSA) is 55.1 Å². The molecule has 0 saturated carbocycles. The van der Waals surface area contributed by atoms with Crippen molar-refractivity contribution in [1.82, 2.24) is 0 Å². The first-order chi connectivity index (χ1) is 9.47.